The van der Waals surface area contributed by atoms with E-state index in [2.05, 4.69) is 0 Å². The Morgan fingerprint density at radius 1 is 1.25 bits per heavy atom. The lowest BCUT2D eigenvalue weighted by molar-refractivity contribution is -0.142. The summed E-state index contributed by atoms with van der Waals surface area (Å²) in [7, 11) is 0. The van der Waals surface area contributed by atoms with Crippen molar-refractivity contribution in [3.05, 3.63) is 35.9 Å². The predicted molar refractivity (Wildman–Crippen MR) is 55.5 cm³/mol. The van der Waals surface area contributed by atoms with E-state index in [1.165, 1.54) is 0 Å². The van der Waals surface area contributed by atoms with Crippen molar-refractivity contribution in [2.24, 2.45) is 5.73 Å². The van der Waals surface area contributed by atoms with Gasteiger partial charge in [0.2, 0.25) is 0 Å². The van der Waals surface area contributed by atoms with Crippen LogP contribution in [0.1, 0.15) is 11.7 Å². The predicted octanol–water partition coefficient (Wildman–Crippen LogP) is -0.158. The molecule has 1 aromatic rings. The second-order valence-electron chi connectivity index (χ2n) is 3.18. The Balaban J connectivity index is 2.87. The monoisotopic (exact) mass is 224 g/mol. The van der Waals surface area contributed by atoms with E-state index in [-0.39, 0.29) is 0 Å². The van der Waals surface area contributed by atoms with E-state index >= 15 is 0 Å². The molecule has 0 aliphatic carbocycles. The molecule has 0 bridgehead atoms. The first-order valence-corrected chi connectivity index (χ1v) is 4.54. The number of aliphatic hydroxyl groups excluding tert-OH is 1. The van der Waals surface area contributed by atoms with Gasteiger partial charge < -0.3 is 21.3 Å². The zero-order chi connectivity index (χ0) is 12.1. The number of amides is 2. The number of carbonyl (C=O) groups is 2. The first-order chi connectivity index (χ1) is 7.52. The van der Waals surface area contributed by atoms with E-state index in [4.69, 9.17) is 10.8 Å². The summed E-state index contributed by atoms with van der Waals surface area (Å²) in [6, 6.07) is 5.70. The molecule has 0 fully saturated rings. The lowest BCUT2D eigenvalue weighted by Gasteiger charge is -2.19. The molecule has 0 spiro atoms. The minimum Gasteiger partial charge on any atom is -0.480 e. The fourth-order valence-corrected chi connectivity index (χ4v) is 1.27. The van der Waals surface area contributed by atoms with Gasteiger partial charge in [0.05, 0.1) is 0 Å². The molecule has 6 nitrogen and oxygen atoms in total. The Morgan fingerprint density at radius 3 is 2.25 bits per heavy atom. The summed E-state index contributed by atoms with van der Waals surface area (Å²) in [6.07, 6.45) is -1.34. The number of primary amides is 1. The first-order valence-electron chi connectivity index (χ1n) is 4.54. The van der Waals surface area contributed by atoms with Crippen LogP contribution in [-0.2, 0) is 4.79 Å². The molecule has 6 heteroatoms. The SMILES string of the molecule is NC(=O)NC(C(=O)O)C(O)c1ccccc1. The van der Waals surface area contributed by atoms with Gasteiger partial charge in [-0.3, -0.25) is 0 Å². The lowest BCUT2D eigenvalue weighted by atomic mass is 10.0. The number of urea groups is 1. The summed E-state index contributed by atoms with van der Waals surface area (Å²) >= 11 is 0. The van der Waals surface area contributed by atoms with Gasteiger partial charge in [-0.25, -0.2) is 9.59 Å². The van der Waals surface area contributed by atoms with E-state index in [0.717, 1.165) is 0 Å². The van der Waals surface area contributed by atoms with E-state index in [9.17, 15) is 14.7 Å². The fraction of sp³-hybridized carbons (Fsp3) is 0.200. The zero-order valence-corrected chi connectivity index (χ0v) is 8.33. The highest BCUT2D eigenvalue weighted by atomic mass is 16.4. The Kier molecular flexibility index (Phi) is 3.84. The number of nitrogens with two attached hydrogens (primary N) is 1. The van der Waals surface area contributed by atoms with Crippen LogP contribution in [0.15, 0.2) is 30.3 Å². The van der Waals surface area contributed by atoms with Crippen LogP contribution in [-0.4, -0.2) is 28.3 Å². The van der Waals surface area contributed by atoms with Crippen LogP contribution in [0.2, 0.25) is 0 Å². The standard InChI is InChI=1S/C10H12N2O4/c11-10(16)12-7(9(14)15)8(13)6-4-2-1-3-5-6/h1-5,7-8,13H,(H,14,15)(H3,11,12,16). The van der Waals surface area contributed by atoms with Gasteiger partial charge in [0.25, 0.3) is 0 Å². The van der Waals surface area contributed by atoms with Crippen molar-refractivity contribution >= 4 is 12.0 Å². The largest absolute Gasteiger partial charge is 0.480 e. The van der Waals surface area contributed by atoms with Crippen molar-refractivity contribution in [2.75, 3.05) is 0 Å². The van der Waals surface area contributed by atoms with Crippen LogP contribution in [0.25, 0.3) is 0 Å². The molecule has 0 heterocycles. The summed E-state index contributed by atoms with van der Waals surface area (Å²) in [5.41, 5.74) is 5.21. The quantitative estimate of drug-likeness (QED) is 0.569. The molecular weight excluding hydrogens is 212 g/mol. The number of carbonyl (C=O) groups excluding carboxylic acids is 1. The molecule has 5 N–H and O–H groups in total. The molecule has 16 heavy (non-hydrogen) atoms. The van der Waals surface area contributed by atoms with Gasteiger partial charge in [0, 0.05) is 0 Å². The Bertz CT molecular complexity index is 380. The minimum absolute atomic E-state index is 0.392. The van der Waals surface area contributed by atoms with Crippen molar-refractivity contribution in [1.29, 1.82) is 0 Å². The summed E-state index contributed by atoms with van der Waals surface area (Å²) in [5.74, 6) is -1.35. The van der Waals surface area contributed by atoms with Gasteiger partial charge in [0.15, 0.2) is 6.04 Å². The van der Waals surface area contributed by atoms with Crippen LogP contribution in [0.5, 0.6) is 0 Å². The van der Waals surface area contributed by atoms with Crippen molar-refractivity contribution in [2.45, 2.75) is 12.1 Å². The molecule has 0 aliphatic rings. The van der Waals surface area contributed by atoms with Gasteiger partial charge in [-0.1, -0.05) is 30.3 Å². The molecule has 0 aliphatic heterocycles. The zero-order valence-electron chi connectivity index (χ0n) is 8.33. The average Bonchev–Trinajstić information content (AvgIpc) is 2.25. The topological polar surface area (TPSA) is 113 Å². The maximum atomic E-state index is 10.8. The van der Waals surface area contributed by atoms with Gasteiger partial charge in [0.1, 0.15) is 6.10 Å². The Hall–Kier alpha value is -2.08. The van der Waals surface area contributed by atoms with Crippen molar-refractivity contribution < 1.29 is 19.8 Å². The van der Waals surface area contributed by atoms with Crippen LogP contribution < -0.4 is 11.1 Å². The highest BCUT2D eigenvalue weighted by Crippen LogP contribution is 2.16. The maximum absolute atomic E-state index is 10.8. The average molecular weight is 224 g/mol. The molecule has 2 atom stereocenters. The smallest absolute Gasteiger partial charge is 0.329 e. The number of aliphatic carboxylic acids is 1. The molecule has 0 aromatic heterocycles. The van der Waals surface area contributed by atoms with Crippen LogP contribution in [0, 0.1) is 0 Å². The number of aliphatic hydroxyl groups is 1. The summed E-state index contributed by atoms with van der Waals surface area (Å²) in [5, 5.41) is 20.5. The minimum atomic E-state index is -1.46. The second-order valence-corrected chi connectivity index (χ2v) is 3.18. The Morgan fingerprint density at radius 2 is 1.81 bits per heavy atom. The molecule has 2 amide bonds. The molecule has 1 aromatic carbocycles. The number of nitrogens with one attached hydrogen (secondary N) is 1. The highest BCUT2D eigenvalue weighted by Gasteiger charge is 2.28. The van der Waals surface area contributed by atoms with Gasteiger partial charge in [-0.05, 0) is 5.56 Å². The first kappa shape index (κ1) is 12.0. The van der Waals surface area contributed by atoms with Gasteiger partial charge >= 0.3 is 12.0 Å². The van der Waals surface area contributed by atoms with Crippen molar-refractivity contribution in [1.82, 2.24) is 5.32 Å². The van der Waals surface area contributed by atoms with Gasteiger partial charge in [-0.2, -0.15) is 0 Å². The molecule has 86 valence electrons. The van der Waals surface area contributed by atoms with Crippen LogP contribution in [0.4, 0.5) is 4.79 Å². The lowest BCUT2D eigenvalue weighted by Crippen LogP contribution is -2.47. The third-order valence-electron chi connectivity index (χ3n) is 2.02. The summed E-state index contributed by atoms with van der Waals surface area (Å²) < 4.78 is 0. The molecule has 0 saturated heterocycles. The molecule has 0 radical (unpaired) electrons. The van der Waals surface area contributed by atoms with E-state index in [1.807, 2.05) is 5.32 Å². The number of rotatable bonds is 4. The number of hydrogen-bond donors (Lipinski definition) is 4. The van der Waals surface area contributed by atoms with Crippen molar-refractivity contribution in [3.63, 3.8) is 0 Å². The summed E-state index contributed by atoms with van der Waals surface area (Å²) in [6.45, 7) is 0. The van der Waals surface area contributed by atoms with Gasteiger partial charge in [-0.15, -0.1) is 0 Å². The molecule has 2 unspecified atom stereocenters. The second kappa shape index (κ2) is 5.13. The third kappa shape index (κ3) is 2.96. The highest BCUT2D eigenvalue weighted by molar-refractivity contribution is 5.82. The molecule has 0 saturated carbocycles. The van der Waals surface area contributed by atoms with E-state index in [0.29, 0.717) is 5.56 Å². The van der Waals surface area contributed by atoms with Crippen molar-refractivity contribution in [3.8, 4) is 0 Å². The number of hydrogen-bond acceptors (Lipinski definition) is 3. The molecular formula is C10H12N2O4. The molecule has 1 rings (SSSR count). The van der Waals surface area contributed by atoms with E-state index < -0.39 is 24.1 Å². The fourth-order valence-electron chi connectivity index (χ4n) is 1.27. The number of benzene rings is 1. The normalized spacial score (nSPS) is 13.8. The maximum Gasteiger partial charge on any atom is 0.329 e. The number of carboxylic acid groups (broad SMARTS) is 1. The third-order valence-corrected chi connectivity index (χ3v) is 2.02. The Labute approximate surface area is 91.7 Å². The van der Waals surface area contributed by atoms with Crippen LogP contribution in [0.3, 0.4) is 0 Å². The summed E-state index contributed by atoms with van der Waals surface area (Å²) in [4.78, 5) is 21.4. The van der Waals surface area contributed by atoms with E-state index in [1.54, 1.807) is 30.3 Å². The number of carboxylic acids is 1. The van der Waals surface area contributed by atoms with Crippen LogP contribution >= 0.6 is 0 Å².